The average Bonchev–Trinajstić information content (AvgIpc) is 2.43. The van der Waals surface area contributed by atoms with Crippen LogP contribution < -0.4 is 9.47 Å². The largest absolute Gasteiger partial charge is 0.497 e. The predicted octanol–water partition coefficient (Wildman–Crippen LogP) is 3.41. The highest BCUT2D eigenvalue weighted by Gasteiger charge is 2.02. The number of hydrogen-bond acceptors (Lipinski definition) is 3. The van der Waals surface area contributed by atoms with Gasteiger partial charge in [0.2, 0.25) is 0 Å². The van der Waals surface area contributed by atoms with Crippen LogP contribution in [0.5, 0.6) is 11.5 Å². The molecule has 0 aliphatic rings. The lowest BCUT2D eigenvalue weighted by Crippen LogP contribution is -1.87. The molecule has 3 aromatic rings. The standard InChI is InChI=1S/C15H13NO2/c1-17-12-5-3-10-7-11-4-6-13(18-2)9-15(11)16-14(10)8-12/h3-9H,1-2H3. The van der Waals surface area contributed by atoms with Gasteiger partial charge in [-0.25, -0.2) is 4.98 Å². The predicted molar refractivity (Wildman–Crippen MR) is 72.4 cm³/mol. The van der Waals surface area contributed by atoms with Gasteiger partial charge in [-0.1, -0.05) is 0 Å². The molecule has 0 atom stereocenters. The fraction of sp³-hybridized carbons (Fsp3) is 0.133. The highest BCUT2D eigenvalue weighted by molar-refractivity contribution is 5.93. The summed E-state index contributed by atoms with van der Waals surface area (Å²) in [6, 6.07) is 13.9. The van der Waals surface area contributed by atoms with Crippen molar-refractivity contribution < 1.29 is 9.47 Å². The molecule has 3 nitrogen and oxygen atoms in total. The molecule has 0 unspecified atom stereocenters. The maximum atomic E-state index is 5.21. The first kappa shape index (κ1) is 10.8. The molecule has 2 aromatic carbocycles. The van der Waals surface area contributed by atoms with E-state index in [0.717, 1.165) is 33.3 Å². The second-order valence-corrected chi connectivity index (χ2v) is 4.11. The number of hydrogen-bond donors (Lipinski definition) is 0. The molecular weight excluding hydrogens is 226 g/mol. The van der Waals surface area contributed by atoms with Crippen LogP contribution in [0.4, 0.5) is 0 Å². The Balaban J connectivity index is 2.29. The van der Waals surface area contributed by atoms with Crippen LogP contribution >= 0.6 is 0 Å². The Morgan fingerprint density at radius 3 is 1.67 bits per heavy atom. The summed E-state index contributed by atoms with van der Waals surface area (Å²) in [5, 5.41) is 2.21. The lowest BCUT2D eigenvalue weighted by molar-refractivity contribution is 0.415. The second kappa shape index (κ2) is 4.18. The van der Waals surface area contributed by atoms with E-state index in [-0.39, 0.29) is 0 Å². The summed E-state index contributed by atoms with van der Waals surface area (Å²) >= 11 is 0. The third-order valence-electron chi connectivity index (χ3n) is 3.03. The SMILES string of the molecule is COc1ccc2cc3ccc(OC)cc3nc2c1. The molecule has 0 aliphatic heterocycles. The van der Waals surface area contributed by atoms with Crippen molar-refractivity contribution in [1.29, 1.82) is 0 Å². The Morgan fingerprint density at radius 2 is 1.22 bits per heavy atom. The number of benzene rings is 2. The van der Waals surface area contributed by atoms with E-state index in [1.54, 1.807) is 14.2 Å². The van der Waals surface area contributed by atoms with E-state index in [1.807, 2.05) is 36.4 Å². The third-order valence-corrected chi connectivity index (χ3v) is 3.03. The van der Waals surface area contributed by atoms with Crippen LogP contribution in [0.3, 0.4) is 0 Å². The number of ether oxygens (including phenoxy) is 2. The van der Waals surface area contributed by atoms with Crippen LogP contribution in [0.15, 0.2) is 42.5 Å². The zero-order valence-electron chi connectivity index (χ0n) is 10.3. The van der Waals surface area contributed by atoms with Gasteiger partial charge in [-0.15, -0.1) is 0 Å². The molecule has 1 heterocycles. The van der Waals surface area contributed by atoms with E-state index in [9.17, 15) is 0 Å². The molecule has 0 aliphatic carbocycles. The molecule has 3 rings (SSSR count). The van der Waals surface area contributed by atoms with E-state index < -0.39 is 0 Å². The average molecular weight is 239 g/mol. The zero-order chi connectivity index (χ0) is 12.5. The molecule has 0 saturated carbocycles. The molecule has 18 heavy (non-hydrogen) atoms. The Morgan fingerprint density at radius 1 is 0.722 bits per heavy atom. The van der Waals surface area contributed by atoms with Gasteiger partial charge in [0.25, 0.3) is 0 Å². The van der Waals surface area contributed by atoms with Crippen molar-refractivity contribution in [2.45, 2.75) is 0 Å². The van der Waals surface area contributed by atoms with Crippen LogP contribution in [0.25, 0.3) is 21.8 Å². The Bertz CT molecular complexity index is 663. The quantitative estimate of drug-likeness (QED) is 0.642. The number of aromatic nitrogens is 1. The van der Waals surface area contributed by atoms with Crippen molar-refractivity contribution in [2.24, 2.45) is 0 Å². The smallest absolute Gasteiger partial charge is 0.121 e. The Kier molecular flexibility index (Phi) is 2.52. The third kappa shape index (κ3) is 1.74. The number of nitrogens with zero attached hydrogens (tertiary/aromatic N) is 1. The summed E-state index contributed by atoms with van der Waals surface area (Å²) in [5.74, 6) is 1.63. The minimum Gasteiger partial charge on any atom is -0.497 e. The number of rotatable bonds is 2. The highest BCUT2D eigenvalue weighted by atomic mass is 16.5. The van der Waals surface area contributed by atoms with Crippen LogP contribution in [0.2, 0.25) is 0 Å². The van der Waals surface area contributed by atoms with Crippen LogP contribution in [0, 0.1) is 0 Å². The summed E-state index contributed by atoms with van der Waals surface area (Å²) in [7, 11) is 3.32. The number of fused-ring (bicyclic) bond motifs is 2. The van der Waals surface area contributed by atoms with Crippen molar-refractivity contribution in [3.63, 3.8) is 0 Å². The van der Waals surface area contributed by atoms with Crippen LogP contribution in [-0.4, -0.2) is 19.2 Å². The molecule has 1 aromatic heterocycles. The maximum absolute atomic E-state index is 5.21. The monoisotopic (exact) mass is 239 g/mol. The van der Waals surface area contributed by atoms with E-state index in [2.05, 4.69) is 11.1 Å². The van der Waals surface area contributed by atoms with Crippen LogP contribution in [-0.2, 0) is 0 Å². The summed E-state index contributed by atoms with van der Waals surface area (Å²) in [5.41, 5.74) is 1.85. The van der Waals surface area contributed by atoms with Crippen molar-refractivity contribution in [1.82, 2.24) is 4.98 Å². The van der Waals surface area contributed by atoms with Crippen molar-refractivity contribution in [2.75, 3.05) is 14.2 Å². The molecular formula is C15H13NO2. The molecule has 0 saturated heterocycles. The van der Waals surface area contributed by atoms with Gasteiger partial charge < -0.3 is 9.47 Å². The van der Waals surface area contributed by atoms with Gasteiger partial charge in [-0.3, -0.25) is 0 Å². The summed E-state index contributed by atoms with van der Waals surface area (Å²) in [6.07, 6.45) is 0. The van der Waals surface area contributed by atoms with Gasteiger partial charge in [-0.2, -0.15) is 0 Å². The first-order chi connectivity index (χ1) is 8.80. The molecule has 0 amide bonds. The molecule has 3 heteroatoms. The molecule has 0 radical (unpaired) electrons. The minimum absolute atomic E-state index is 0.817. The van der Waals surface area contributed by atoms with Crippen molar-refractivity contribution in [3.05, 3.63) is 42.5 Å². The lowest BCUT2D eigenvalue weighted by atomic mass is 10.1. The van der Waals surface area contributed by atoms with E-state index in [1.165, 1.54) is 0 Å². The molecule has 0 fully saturated rings. The topological polar surface area (TPSA) is 31.4 Å². The van der Waals surface area contributed by atoms with Gasteiger partial charge in [0.1, 0.15) is 11.5 Å². The van der Waals surface area contributed by atoms with Gasteiger partial charge in [0, 0.05) is 22.9 Å². The lowest BCUT2D eigenvalue weighted by Gasteiger charge is -2.05. The van der Waals surface area contributed by atoms with Gasteiger partial charge in [0.05, 0.1) is 25.3 Å². The van der Waals surface area contributed by atoms with Crippen molar-refractivity contribution in [3.8, 4) is 11.5 Å². The molecule has 0 bridgehead atoms. The summed E-state index contributed by atoms with van der Waals surface area (Å²) in [4.78, 5) is 4.63. The Hall–Kier alpha value is -2.29. The fourth-order valence-electron chi connectivity index (χ4n) is 2.04. The Labute approximate surface area is 105 Å². The molecule has 90 valence electrons. The normalized spacial score (nSPS) is 10.8. The zero-order valence-corrected chi connectivity index (χ0v) is 10.3. The van der Waals surface area contributed by atoms with Crippen molar-refractivity contribution >= 4 is 21.8 Å². The van der Waals surface area contributed by atoms with Gasteiger partial charge in [-0.05, 0) is 30.3 Å². The number of methoxy groups -OCH3 is 2. The van der Waals surface area contributed by atoms with Gasteiger partial charge in [0.15, 0.2) is 0 Å². The van der Waals surface area contributed by atoms with E-state index in [0.29, 0.717) is 0 Å². The minimum atomic E-state index is 0.817. The van der Waals surface area contributed by atoms with Crippen LogP contribution in [0.1, 0.15) is 0 Å². The molecule has 0 spiro atoms. The van der Waals surface area contributed by atoms with Gasteiger partial charge >= 0.3 is 0 Å². The second-order valence-electron chi connectivity index (χ2n) is 4.11. The first-order valence-electron chi connectivity index (χ1n) is 5.73. The fourth-order valence-corrected chi connectivity index (χ4v) is 2.04. The molecule has 0 N–H and O–H groups in total. The summed E-state index contributed by atoms with van der Waals surface area (Å²) in [6.45, 7) is 0. The first-order valence-corrected chi connectivity index (χ1v) is 5.73. The maximum Gasteiger partial charge on any atom is 0.121 e. The van der Waals surface area contributed by atoms with E-state index >= 15 is 0 Å². The number of pyridine rings is 1. The van der Waals surface area contributed by atoms with E-state index in [4.69, 9.17) is 9.47 Å². The highest BCUT2D eigenvalue weighted by Crippen LogP contribution is 2.25. The summed E-state index contributed by atoms with van der Waals surface area (Å²) < 4.78 is 10.4.